The SMILES string of the molecule is O=C(Nc1cc(Cl)ccn1)c1cccnc1. The molecule has 1 amide bonds. The maximum absolute atomic E-state index is 11.7. The highest BCUT2D eigenvalue weighted by atomic mass is 35.5. The van der Waals surface area contributed by atoms with E-state index in [1.165, 1.54) is 12.4 Å². The molecule has 0 saturated carbocycles. The van der Waals surface area contributed by atoms with Crippen molar-refractivity contribution in [3.63, 3.8) is 0 Å². The van der Waals surface area contributed by atoms with Gasteiger partial charge in [-0.15, -0.1) is 0 Å². The Kier molecular flexibility index (Phi) is 3.12. The fraction of sp³-hybridized carbons (Fsp3) is 0. The van der Waals surface area contributed by atoms with Crippen molar-refractivity contribution in [1.29, 1.82) is 0 Å². The number of pyridine rings is 2. The summed E-state index contributed by atoms with van der Waals surface area (Å²) in [6.07, 6.45) is 4.62. The van der Waals surface area contributed by atoms with Crippen LogP contribution in [0.5, 0.6) is 0 Å². The topological polar surface area (TPSA) is 54.9 Å². The van der Waals surface area contributed by atoms with Crippen LogP contribution in [-0.4, -0.2) is 15.9 Å². The van der Waals surface area contributed by atoms with Gasteiger partial charge in [-0.2, -0.15) is 0 Å². The molecule has 2 aromatic heterocycles. The first-order chi connectivity index (χ1) is 7.75. The number of rotatable bonds is 2. The molecule has 0 radical (unpaired) electrons. The summed E-state index contributed by atoms with van der Waals surface area (Å²) in [6, 6.07) is 6.59. The van der Waals surface area contributed by atoms with E-state index in [-0.39, 0.29) is 5.91 Å². The van der Waals surface area contributed by atoms with Crippen LogP contribution in [0.4, 0.5) is 5.82 Å². The van der Waals surface area contributed by atoms with Gasteiger partial charge in [-0.3, -0.25) is 9.78 Å². The normalized spacial score (nSPS) is 9.81. The number of aromatic nitrogens is 2. The molecule has 0 aromatic carbocycles. The Labute approximate surface area is 97.3 Å². The number of halogens is 1. The zero-order valence-corrected chi connectivity index (χ0v) is 8.98. The Balaban J connectivity index is 2.14. The number of amides is 1. The average Bonchev–Trinajstić information content (AvgIpc) is 2.30. The van der Waals surface area contributed by atoms with Crippen molar-refractivity contribution in [3.05, 3.63) is 53.4 Å². The molecular weight excluding hydrogens is 226 g/mol. The van der Waals surface area contributed by atoms with Gasteiger partial charge in [-0.25, -0.2) is 4.98 Å². The first kappa shape index (κ1) is 10.6. The van der Waals surface area contributed by atoms with Crippen LogP contribution in [0.25, 0.3) is 0 Å². The minimum absolute atomic E-state index is 0.261. The van der Waals surface area contributed by atoms with Crippen LogP contribution >= 0.6 is 11.6 Å². The van der Waals surface area contributed by atoms with Crippen molar-refractivity contribution < 1.29 is 4.79 Å². The van der Waals surface area contributed by atoms with Crippen molar-refractivity contribution in [2.75, 3.05) is 5.32 Å². The van der Waals surface area contributed by atoms with Crippen LogP contribution in [0, 0.1) is 0 Å². The summed E-state index contributed by atoms with van der Waals surface area (Å²) >= 11 is 5.77. The molecule has 2 heterocycles. The van der Waals surface area contributed by atoms with Crippen LogP contribution in [0.2, 0.25) is 5.02 Å². The van der Waals surface area contributed by atoms with Gasteiger partial charge in [0, 0.05) is 23.6 Å². The van der Waals surface area contributed by atoms with Crippen molar-refractivity contribution >= 4 is 23.3 Å². The highest BCUT2D eigenvalue weighted by Gasteiger charge is 2.06. The maximum atomic E-state index is 11.7. The monoisotopic (exact) mass is 233 g/mol. The van der Waals surface area contributed by atoms with Crippen molar-refractivity contribution in [2.45, 2.75) is 0 Å². The molecule has 0 aliphatic rings. The molecule has 0 aliphatic heterocycles. The molecule has 2 aromatic rings. The fourth-order valence-corrected chi connectivity index (χ4v) is 1.32. The lowest BCUT2D eigenvalue weighted by molar-refractivity contribution is 0.102. The lowest BCUT2D eigenvalue weighted by atomic mass is 10.3. The number of carbonyl (C=O) groups is 1. The van der Waals surface area contributed by atoms with Crippen molar-refractivity contribution in [1.82, 2.24) is 9.97 Å². The summed E-state index contributed by atoms with van der Waals surface area (Å²) in [4.78, 5) is 19.5. The molecule has 0 saturated heterocycles. The molecule has 4 nitrogen and oxygen atoms in total. The molecule has 0 atom stereocenters. The standard InChI is InChI=1S/C11H8ClN3O/c12-9-3-5-14-10(6-9)15-11(16)8-2-1-4-13-7-8/h1-7H,(H,14,15,16). The van der Waals surface area contributed by atoms with Gasteiger partial charge < -0.3 is 5.32 Å². The molecule has 0 aliphatic carbocycles. The minimum Gasteiger partial charge on any atom is -0.306 e. The summed E-state index contributed by atoms with van der Waals surface area (Å²) in [5.74, 6) is 0.157. The minimum atomic E-state index is -0.261. The van der Waals surface area contributed by atoms with E-state index in [1.54, 1.807) is 30.5 Å². The predicted octanol–water partition coefficient (Wildman–Crippen LogP) is 2.38. The Hall–Kier alpha value is -1.94. The molecule has 80 valence electrons. The first-order valence-electron chi connectivity index (χ1n) is 4.58. The second-order valence-corrected chi connectivity index (χ2v) is 3.49. The maximum Gasteiger partial charge on any atom is 0.258 e. The van der Waals surface area contributed by atoms with E-state index >= 15 is 0 Å². The highest BCUT2D eigenvalue weighted by molar-refractivity contribution is 6.30. The van der Waals surface area contributed by atoms with Gasteiger partial charge in [0.05, 0.1) is 5.56 Å². The summed E-state index contributed by atoms with van der Waals surface area (Å²) in [5, 5.41) is 3.15. The third-order valence-electron chi connectivity index (χ3n) is 1.89. The Morgan fingerprint density at radius 3 is 2.88 bits per heavy atom. The van der Waals surface area contributed by atoms with E-state index < -0.39 is 0 Å². The van der Waals surface area contributed by atoms with Gasteiger partial charge in [0.25, 0.3) is 5.91 Å². The molecule has 1 N–H and O–H groups in total. The van der Waals surface area contributed by atoms with Crippen LogP contribution in [0.1, 0.15) is 10.4 Å². The number of hydrogen-bond donors (Lipinski definition) is 1. The molecular formula is C11H8ClN3O. The van der Waals surface area contributed by atoms with Crippen molar-refractivity contribution in [2.24, 2.45) is 0 Å². The average molecular weight is 234 g/mol. The van der Waals surface area contributed by atoms with E-state index in [9.17, 15) is 4.79 Å². The van der Waals surface area contributed by atoms with E-state index in [4.69, 9.17) is 11.6 Å². The van der Waals surface area contributed by atoms with Gasteiger partial charge in [-0.05, 0) is 24.3 Å². The lowest BCUT2D eigenvalue weighted by Gasteiger charge is -2.03. The third-order valence-corrected chi connectivity index (χ3v) is 2.12. The number of carbonyl (C=O) groups excluding carboxylic acids is 1. The second-order valence-electron chi connectivity index (χ2n) is 3.06. The number of anilines is 1. The van der Waals surface area contributed by atoms with Crippen molar-refractivity contribution in [3.8, 4) is 0 Å². The number of hydrogen-bond acceptors (Lipinski definition) is 3. The Morgan fingerprint density at radius 1 is 1.31 bits per heavy atom. The summed E-state index contributed by atoms with van der Waals surface area (Å²) < 4.78 is 0. The fourth-order valence-electron chi connectivity index (χ4n) is 1.16. The highest BCUT2D eigenvalue weighted by Crippen LogP contribution is 2.12. The molecule has 0 spiro atoms. The number of nitrogens with one attached hydrogen (secondary N) is 1. The Bertz CT molecular complexity index is 502. The van der Waals surface area contributed by atoms with E-state index in [2.05, 4.69) is 15.3 Å². The smallest absolute Gasteiger partial charge is 0.258 e. The van der Waals surface area contributed by atoms with E-state index in [1.807, 2.05) is 0 Å². The second kappa shape index (κ2) is 4.72. The van der Waals surface area contributed by atoms with Crippen LogP contribution < -0.4 is 5.32 Å². The number of nitrogens with zero attached hydrogens (tertiary/aromatic N) is 2. The van der Waals surface area contributed by atoms with Gasteiger partial charge in [0.15, 0.2) is 0 Å². The molecule has 0 bridgehead atoms. The van der Waals surface area contributed by atoms with E-state index in [0.29, 0.717) is 16.4 Å². The largest absolute Gasteiger partial charge is 0.306 e. The van der Waals surface area contributed by atoms with Gasteiger partial charge in [0.2, 0.25) is 0 Å². The molecule has 2 rings (SSSR count). The first-order valence-corrected chi connectivity index (χ1v) is 4.96. The Morgan fingerprint density at radius 2 is 2.19 bits per heavy atom. The third kappa shape index (κ3) is 2.55. The summed E-state index contributed by atoms with van der Waals surface area (Å²) in [5.41, 5.74) is 0.476. The van der Waals surface area contributed by atoms with Gasteiger partial charge >= 0.3 is 0 Å². The van der Waals surface area contributed by atoms with Gasteiger partial charge in [0.1, 0.15) is 5.82 Å². The molecule has 16 heavy (non-hydrogen) atoms. The zero-order valence-electron chi connectivity index (χ0n) is 8.22. The lowest BCUT2D eigenvalue weighted by Crippen LogP contribution is -2.12. The van der Waals surface area contributed by atoms with Crippen LogP contribution in [0.15, 0.2) is 42.9 Å². The molecule has 0 unspecified atom stereocenters. The predicted molar refractivity (Wildman–Crippen MR) is 61.4 cm³/mol. The van der Waals surface area contributed by atoms with Crippen LogP contribution in [-0.2, 0) is 0 Å². The summed E-state index contributed by atoms with van der Waals surface area (Å²) in [6.45, 7) is 0. The van der Waals surface area contributed by atoms with E-state index in [0.717, 1.165) is 0 Å². The molecule has 0 fully saturated rings. The zero-order chi connectivity index (χ0) is 11.4. The summed E-state index contributed by atoms with van der Waals surface area (Å²) in [7, 11) is 0. The quantitative estimate of drug-likeness (QED) is 0.867. The molecule has 5 heteroatoms. The van der Waals surface area contributed by atoms with Gasteiger partial charge in [-0.1, -0.05) is 11.6 Å². The van der Waals surface area contributed by atoms with Crippen LogP contribution in [0.3, 0.4) is 0 Å².